The minimum atomic E-state index is 0.267. The normalized spacial score (nSPS) is 11.1. The summed E-state index contributed by atoms with van der Waals surface area (Å²) in [4.78, 5) is 8.79. The highest BCUT2D eigenvalue weighted by atomic mass is 16.5. The molecule has 0 unspecified atom stereocenters. The molecule has 0 spiro atoms. The van der Waals surface area contributed by atoms with Crippen LogP contribution in [0.15, 0.2) is 18.5 Å². The molecule has 0 aliphatic heterocycles. The van der Waals surface area contributed by atoms with Gasteiger partial charge in [0.15, 0.2) is 5.82 Å². The van der Waals surface area contributed by atoms with Gasteiger partial charge < -0.3 is 10.1 Å². The highest BCUT2D eigenvalue weighted by Crippen LogP contribution is 2.18. The van der Waals surface area contributed by atoms with Crippen LogP contribution in [0.3, 0.4) is 0 Å². The maximum Gasteiger partial charge on any atom is 0.165 e. The lowest BCUT2D eigenvalue weighted by molar-refractivity contribution is 0.277. The van der Waals surface area contributed by atoms with Crippen LogP contribution < -0.4 is 10.1 Å². The van der Waals surface area contributed by atoms with Crippen LogP contribution in [0, 0.1) is 6.92 Å². The van der Waals surface area contributed by atoms with Crippen molar-refractivity contribution >= 4 is 0 Å². The average molecular weight is 289 g/mol. The molecule has 1 N–H and O–H groups in total. The summed E-state index contributed by atoms with van der Waals surface area (Å²) < 4.78 is 7.77. The minimum absolute atomic E-state index is 0.267. The fraction of sp³-hybridized carbons (Fsp3) is 0.533. The van der Waals surface area contributed by atoms with Gasteiger partial charge in [0.05, 0.1) is 5.69 Å². The summed E-state index contributed by atoms with van der Waals surface area (Å²) in [6, 6.07) is 4.19. The van der Waals surface area contributed by atoms with Gasteiger partial charge in [-0.05, 0) is 39.4 Å². The van der Waals surface area contributed by atoms with E-state index in [4.69, 9.17) is 4.74 Å². The zero-order valence-corrected chi connectivity index (χ0v) is 13.1. The van der Waals surface area contributed by atoms with E-state index in [1.165, 1.54) is 0 Å². The standard InChI is InChI=1S/C15H23N5O/c1-5-16-8-13-14(7-6-12(4)19-13)21-9-15-17-10-18-20(15)11(2)3/h6-7,10-11,16H,5,8-9H2,1-4H3. The molecule has 0 aromatic carbocycles. The largest absolute Gasteiger partial charge is 0.484 e. The molecule has 0 aliphatic rings. The van der Waals surface area contributed by atoms with Crippen molar-refractivity contribution in [3.8, 4) is 5.75 Å². The lowest BCUT2D eigenvalue weighted by Gasteiger charge is -2.13. The van der Waals surface area contributed by atoms with Crippen molar-refractivity contribution in [2.24, 2.45) is 0 Å². The maximum absolute atomic E-state index is 5.90. The van der Waals surface area contributed by atoms with E-state index >= 15 is 0 Å². The summed E-state index contributed by atoms with van der Waals surface area (Å²) in [6.07, 6.45) is 1.56. The molecular weight excluding hydrogens is 266 g/mol. The zero-order valence-electron chi connectivity index (χ0n) is 13.1. The molecule has 0 saturated carbocycles. The lowest BCUT2D eigenvalue weighted by atomic mass is 10.3. The number of nitrogens with one attached hydrogen (secondary N) is 1. The highest BCUT2D eigenvalue weighted by molar-refractivity contribution is 5.29. The molecule has 0 fully saturated rings. The van der Waals surface area contributed by atoms with Gasteiger partial charge >= 0.3 is 0 Å². The Morgan fingerprint density at radius 1 is 1.33 bits per heavy atom. The van der Waals surface area contributed by atoms with Gasteiger partial charge in [0.25, 0.3) is 0 Å². The molecule has 2 aromatic rings. The molecular formula is C15H23N5O. The Morgan fingerprint density at radius 3 is 2.86 bits per heavy atom. The minimum Gasteiger partial charge on any atom is -0.484 e. The van der Waals surface area contributed by atoms with Crippen LogP contribution in [0.5, 0.6) is 5.75 Å². The Hall–Kier alpha value is -1.95. The van der Waals surface area contributed by atoms with E-state index < -0.39 is 0 Å². The van der Waals surface area contributed by atoms with E-state index in [1.807, 2.05) is 23.7 Å². The van der Waals surface area contributed by atoms with Crippen molar-refractivity contribution in [3.63, 3.8) is 0 Å². The Morgan fingerprint density at radius 2 is 2.14 bits per heavy atom. The Labute approximate surface area is 125 Å². The molecule has 2 rings (SSSR count). The van der Waals surface area contributed by atoms with Gasteiger partial charge in [0.2, 0.25) is 0 Å². The maximum atomic E-state index is 5.90. The molecule has 0 aliphatic carbocycles. The molecule has 0 amide bonds. The summed E-state index contributed by atoms with van der Waals surface area (Å²) in [6.45, 7) is 10.2. The van der Waals surface area contributed by atoms with E-state index in [1.54, 1.807) is 6.33 Å². The van der Waals surface area contributed by atoms with Gasteiger partial charge in [-0.25, -0.2) is 9.67 Å². The summed E-state index contributed by atoms with van der Waals surface area (Å²) in [5.74, 6) is 1.61. The van der Waals surface area contributed by atoms with Crippen LogP contribution >= 0.6 is 0 Å². The molecule has 21 heavy (non-hydrogen) atoms. The number of rotatable bonds is 7. The monoisotopic (exact) mass is 289 g/mol. The molecule has 114 valence electrons. The van der Waals surface area contributed by atoms with Crippen molar-refractivity contribution in [1.29, 1.82) is 0 Å². The number of hydrogen-bond acceptors (Lipinski definition) is 5. The van der Waals surface area contributed by atoms with E-state index in [0.717, 1.165) is 29.5 Å². The number of aryl methyl sites for hydroxylation is 1. The van der Waals surface area contributed by atoms with Gasteiger partial charge in [-0.15, -0.1) is 0 Å². The Kier molecular flexibility index (Phi) is 5.27. The molecule has 2 aromatic heterocycles. The summed E-state index contributed by atoms with van der Waals surface area (Å²) in [5.41, 5.74) is 1.91. The van der Waals surface area contributed by atoms with Crippen LogP contribution in [-0.4, -0.2) is 26.3 Å². The first kappa shape index (κ1) is 15.4. The molecule has 0 atom stereocenters. The molecule has 2 heterocycles. The average Bonchev–Trinajstić information content (AvgIpc) is 2.92. The summed E-state index contributed by atoms with van der Waals surface area (Å²) in [7, 11) is 0. The molecule has 0 bridgehead atoms. The second-order valence-electron chi connectivity index (χ2n) is 5.18. The topological polar surface area (TPSA) is 64.9 Å². The van der Waals surface area contributed by atoms with Crippen molar-refractivity contribution in [2.45, 2.75) is 46.9 Å². The van der Waals surface area contributed by atoms with Gasteiger partial charge in [-0.2, -0.15) is 5.10 Å². The third kappa shape index (κ3) is 4.01. The van der Waals surface area contributed by atoms with Crippen LogP contribution in [0.1, 0.15) is 44.0 Å². The number of pyridine rings is 1. The number of hydrogen-bond donors (Lipinski definition) is 1. The predicted molar refractivity (Wildman–Crippen MR) is 81.1 cm³/mol. The molecule has 0 radical (unpaired) electrons. The van der Waals surface area contributed by atoms with Gasteiger partial charge in [0.1, 0.15) is 18.7 Å². The van der Waals surface area contributed by atoms with Gasteiger partial charge in [0, 0.05) is 18.3 Å². The van der Waals surface area contributed by atoms with Crippen LogP contribution in [0.2, 0.25) is 0 Å². The molecule has 6 nitrogen and oxygen atoms in total. The van der Waals surface area contributed by atoms with Crippen molar-refractivity contribution in [1.82, 2.24) is 25.1 Å². The summed E-state index contributed by atoms with van der Waals surface area (Å²) >= 11 is 0. The van der Waals surface area contributed by atoms with Crippen molar-refractivity contribution in [2.75, 3.05) is 6.54 Å². The first-order valence-corrected chi connectivity index (χ1v) is 7.30. The van der Waals surface area contributed by atoms with Gasteiger partial charge in [-0.1, -0.05) is 6.92 Å². The van der Waals surface area contributed by atoms with E-state index in [0.29, 0.717) is 13.2 Å². The van der Waals surface area contributed by atoms with Crippen LogP contribution in [-0.2, 0) is 13.2 Å². The predicted octanol–water partition coefficient (Wildman–Crippen LogP) is 2.25. The van der Waals surface area contributed by atoms with Crippen LogP contribution in [0.25, 0.3) is 0 Å². The fourth-order valence-electron chi connectivity index (χ4n) is 2.05. The first-order chi connectivity index (χ1) is 10.1. The summed E-state index contributed by atoms with van der Waals surface area (Å²) in [5, 5.41) is 7.49. The lowest BCUT2D eigenvalue weighted by Crippen LogP contribution is -2.15. The molecule has 0 saturated heterocycles. The van der Waals surface area contributed by atoms with Crippen molar-refractivity contribution < 1.29 is 4.74 Å². The van der Waals surface area contributed by atoms with Crippen molar-refractivity contribution in [3.05, 3.63) is 35.7 Å². The second-order valence-corrected chi connectivity index (χ2v) is 5.18. The number of aromatic nitrogens is 4. The third-order valence-electron chi connectivity index (χ3n) is 3.11. The van der Waals surface area contributed by atoms with E-state index in [-0.39, 0.29) is 6.04 Å². The van der Waals surface area contributed by atoms with E-state index in [9.17, 15) is 0 Å². The zero-order chi connectivity index (χ0) is 15.2. The fourth-order valence-corrected chi connectivity index (χ4v) is 2.05. The Balaban J connectivity index is 2.10. The van der Waals surface area contributed by atoms with E-state index in [2.05, 4.69) is 41.2 Å². The first-order valence-electron chi connectivity index (χ1n) is 7.30. The molecule has 6 heteroatoms. The Bertz CT molecular complexity index is 579. The third-order valence-corrected chi connectivity index (χ3v) is 3.11. The SMILES string of the molecule is CCNCc1nc(C)ccc1OCc1ncnn1C(C)C. The van der Waals surface area contributed by atoms with Gasteiger partial charge in [-0.3, -0.25) is 4.98 Å². The highest BCUT2D eigenvalue weighted by Gasteiger charge is 2.10. The second kappa shape index (κ2) is 7.17. The smallest absolute Gasteiger partial charge is 0.165 e. The number of ether oxygens (including phenoxy) is 1. The number of nitrogens with zero attached hydrogens (tertiary/aromatic N) is 4. The quantitative estimate of drug-likeness (QED) is 0.847. The van der Waals surface area contributed by atoms with Crippen LogP contribution in [0.4, 0.5) is 0 Å².